The number of ether oxygens (including phenoxy) is 4. The Morgan fingerprint density at radius 2 is 1.32 bits per heavy atom. The van der Waals surface area contributed by atoms with Crippen LogP contribution in [0.3, 0.4) is 0 Å². The molecule has 0 amide bonds. The van der Waals surface area contributed by atoms with E-state index in [9.17, 15) is 0 Å². The average molecular weight is 349 g/mol. The second-order valence-electron chi connectivity index (χ2n) is 5.09. The lowest BCUT2D eigenvalue weighted by Gasteiger charge is -2.22. The monoisotopic (exact) mass is 349 g/mol. The van der Waals surface area contributed by atoms with E-state index in [0.717, 1.165) is 5.69 Å². The highest BCUT2D eigenvalue weighted by Gasteiger charge is 2.30. The SMILES string of the molecule is CCOC(OCC)c1nnn(-c2ccccc2)c1C(OCC)OCC. The molecule has 138 valence electrons. The van der Waals surface area contributed by atoms with Crippen LogP contribution in [0, 0.1) is 0 Å². The van der Waals surface area contributed by atoms with Crippen LogP contribution in [-0.4, -0.2) is 41.4 Å². The van der Waals surface area contributed by atoms with Gasteiger partial charge in [-0.25, -0.2) is 4.68 Å². The van der Waals surface area contributed by atoms with Crippen molar-refractivity contribution in [3.63, 3.8) is 0 Å². The van der Waals surface area contributed by atoms with E-state index >= 15 is 0 Å². The first kappa shape index (κ1) is 19.5. The Balaban J connectivity index is 2.53. The Labute approximate surface area is 148 Å². The molecule has 25 heavy (non-hydrogen) atoms. The van der Waals surface area contributed by atoms with Gasteiger partial charge in [0, 0.05) is 26.4 Å². The van der Waals surface area contributed by atoms with Crippen LogP contribution < -0.4 is 0 Å². The first-order chi connectivity index (χ1) is 12.3. The number of hydrogen-bond donors (Lipinski definition) is 0. The van der Waals surface area contributed by atoms with E-state index in [0.29, 0.717) is 37.8 Å². The molecule has 2 aromatic rings. The van der Waals surface area contributed by atoms with Crippen molar-refractivity contribution in [3.8, 4) is 5.69 Å². The summed E-state index contributed by atoms with van der Waals surface area (Å²) in [5.74, 6) is 0. The number of hydrogen-bond acceptors (Lipinski definition) is 6. The van der Waals surface area contributed by atoms with Crippen molar-refractivity contribution in [2.75, 3.05) is 26.4 Å². The molecule has 0 spiro atoms. The summed E-state index contributed by atoms with van der Waals surface area (Å²) in [6, 6.07) is 9.74. The smallest absolute Gasteiger partial charge is 0.205 e. The van der Waals surface area contributed by atoms with Crippen molar-refractivity contribution in [1.82, 2.24) is 15.0 Å². The maximum Gasteiger partial charge on any atom is 0.205 e. The van der Waals surface area contributed by atoms with Crippen molar-refractivity contribution < 1.29 is 18.9 Å². The van der Waals surface area contributed by atoms with Crippen LogP contribution in [0.2, 0.25) is 0 Å². The fourth-order valence-electron chi connectivity index (χ4n) is 2.47. The van der Waals surface area contributed by atoms with Gasteiger partial charge in [-0.15, -0.1) is 5.10 Å². The fraction of sp³-hybridized carbons (Fsp3) is 0.556. The summed E-state index contributed by atoms with van der Waals surface area (Å²) < 4.78 is 24.8. The fourth-order valence-corrected chi connectivity index (χ4v) is 2.47. The maximum atomic E-state index is 5.80. The third kappa shape index (κ3) is 4.85. The first-order valence-corrected chi connectivity index (χ1v) is 8.73. The minimum absolute atomic E-state index is 0.496. The minimum Gasteiger partial charge on any atom is -0.347 e. The van der Waals surface area contributed by atoms with Gasteiger partial charge in [-0.3, -0.25) is 0 Å². The van der Waals surface area contributed by atoms with E-state index in [1.807, 2.05) is 58.0 Å². The summed E-state index contributed by atoms with van der Waals surface area (Å²) in [5.41, 5.74) is 2.12. The van der Waals surface area contributed by atoms with Gasteiger partial charge in [-0.05, 0) is 39.8 Å². The van der Waals surface area contributed by atoms with Crippen LogP contribution in [0.15, 0.2) is 30.3 Å². The quantitative estimate of drug-likeness (QED) is 0.579. The molecule has 0 aliphatic carbocycles. The highest BCUT2D eigenvalue weighted by molar-refractivity contribution is 5.34. The molecule has 0 atom stereocenters. The molecular weight excluding hydrogens is 322 g/mol. The zero-order valence-corrected chi connectivity index (χ0v) is 15.3. The molecule has 0 N–H and O–H groups in total. The Morgan fingerprint density at radius 3 is 1.84 bits per heavy atom. The third-order valence-electron chi connectivity index (χ3n) is 3.45. The topological polar surface area (TPSA) is 67.6 Å². The molecule has 0 unspecified atom stereocenters. The van der Waals surface area contributed by atoms with Crippen molar-refractivity contribution in [3.05, 3.63) is 41.7 Å². The normalized spacial score (nSPS) is 11.6. The van der Waals surface area contributed by atoms with Crippen LogP contribution in [0.25, 0.3) is 5.69 Å². The third-order valence-corrected chi connectivity index (χ3v) is 3.45. The van der Waals surface area contributed by atoms with Gasteiger partial charge in [-0.2, -0.15) is 0 Å². The van der Waals surface area contributed by atoms with Crippen LogP contribution in [-0.2, 0) is 18.9 Å². The van der Waals surface area contributed by atoms with Gasteiger partial charge in [0.05, 0.1) is 5.69 Å². The Kier molecular flexibility index (Phi) is 8.00. The first-order valence-electron chi connectivity index (χ1n) is 8.73. The molecule has 0 aliphatic rings. The lowest BCUT2D eigenvalue weighted by molar-refractivity contribution is -0.159. The molecule has 1 aromatic carbocycles. The number of nitrogens with zero attached hydrogens (tertiary/aromatic N) is 3. The van der Waals surface area contributed by atoms with Gasteiger partial charge >= 0.3 is 0 Å². The van der Waals surface area contributed by atoms with Crippen LogP contribution in [0.4, 0.5) is 0 Å². The Hall–Kier alpha value is -1.80. The van der Waals surface area contributed by atoms with E-state index < -0.39 is 12.6 Å². The van der Waals surface area contributed by atoms with Crippen molar-refractivity contribution in [1.29, 1.82) is 0 Å². The molecule has 0 radical (unpaired) electrons. The van der Waals surface area contributed by atoms with Crippen LogP contribution in [0.5, 0.6) is 0 Å². The summed E-state index contributed by atoms with van der Waals surface area (Å²) in [5, 5.41) is 8.62. The molecule has 0 saturated carbocycles. The molecule has 0 bridgehead atoms. The standard InChI is InChI=1S/C18H27N3O4/c1-5-22-17(23-6-2)15-16(18(24-7-3)25-8-4)21(20-19-15)14-12-10-9-11-13-14/h9-13,17-18H,5-8H2,1-4H3. The molecule has 2 rings (SSSR count). The molecule has 1 heterocycles. The summed E-state index contributed by atoms with van der Waals surface area (Å²) in [6.07, 6.45) is -1.23. The Bertz CT molecular complexity index is 606. The summed E-state index contributed by atoms with van der Waals surface area (Å²) in [7, 11) is 0. The van der Waals surface area contributed by atoms with Crippen molar-refractivity contribution in [2.45, 2.75) is 40.3 Å². The van der Waals surface area contributed by atoms with Gasteiger partial charge in [0.25, 0.3) is 0 Å². The number of aromatic nitrogens is 3. The zero-order valence-electron chi connectivity index (χ0n) is 15.3. The lowest BCUT2D eigenvalue weighted by Crippen LogP contribution is -2.19. The maximum absolute atomic E-state index is 5.80. The summed E-state index contributed by atoms with van der Waals surface area (Å²) in [6.45, 7) is 9.66. The van der Waals surface area contributed by atoms with E-state index in [1.165, 1.54) is 0 Å². The van der Waals surface area contributed by atoms with Crippen molar-refractivity contribution in [2.24, 2.45) is 0 Å². The predicted octanol–water partition coefficient (Wildman–Crippen LogP) is 3.41. The summed E-state index contributed by atoms with van der Waals surface area (Å²) >= 11 is 0. The predicted molar refractivity (Wildman–Crippen MR) is 93.3 cm³/mol. The van der Waals surface area contributed by atoms with Gasteiger partial charge in [0.1, 0.15) is 11.4 Å². The summed E-state index contributed by atoms with van der Waals surface area (Å²) in [4.78, 5) is 0. The molecule has 0 fully saturated rings. The number of benzene rings is 1. The number of para-hydroxylation sites is 1. The van der Waals surface area contributed by atoms with E-state index in [-0.39, 0.29) is 0 Å². The lowest BCUT2D eigenvalue weighted by atomic mass is 10.2. The molecule has 0 saturated heterocycles. The Morgan fingerprint density at radius 1 is 0.800 bits per heavy atom. The molecule has 7 heteroatoms. The van der Waals surface area contributed by atoms with Crippen molar-refractivity contribution >= 4 is 0 Å². The molecule has 7 nitrogen and oxygen atoms in total. The second-order valence-corrected chi connectivity index (χ2v) is 5.09. The van der Waals surface area contributed by atoms with E-state index in [1.54, 1.807) is 4.68 Å². The highest BCUT2D eigenvalue weighted by atomic mass is 16.7. The highest BCUT2D eigenvalue weighted by Crippen LogP contribution is 2.30. The van der Waals surface area contributed by atoms with E-state index in [2.05, 4.69) is 10.3 Å². The van der Waals surface area contributed by atoms with Crippen LogP contribution >= 0.6 is 0 Å². The minimum atomic E-state index is -0.620. The molecule has 0 aliphatic heterocycles. The molecular formula is C18H27N3O4. The zero-order chi connectivity index (χ0) is 18.1. The van der Waals surface area contributed by atoms with E-state index in [4.69, 9.17) is 18.9 Å². The van der Waals surface area contributed by atoms with Gasteiger partial charge in [0.2, 0.25) is 12.6 Å². The molecule has 1 aromatic heterocycles. The second kappa shape index (κ2) is 10.2. The van der Waals surface area contributed by atoms with Gasteiger partial charge in [-0.1, -0.05) is 23.4 Å². The largest absolute Gasteiger partial charge is 0.347 e. The van der Waals surface area contributed by atoms with Gasteiger partial charge < -0.3 is 18.9 Å². The van der Waals surface area contributed by atoms with Crippen LogP contribution in [0.1, 0.15) is 51.7 Å². The van der Waals surface area contributed by atoms with Gasteiger partial charge in [0.15, 0.2) is 0 Å². The average Bonchev–Trinajstić information content (AvgIpc) is 3.07. The number of rotatable bonds is 11.